The van der Waals surface area contributed by atoms with E-state index in [1.807, 2.05) is 42.5 Å². The minimum atomic E-state index is -0.396. The molecule has 1 unspecified atom stereocenters. The Bertz CT molecular complexity index is 1180. The van der Waals surface area contributed by atoms with Crippen LogP contribution in [0.2, 0.25) is 0 Å². The van der Waals surface area contributed by atoms with Crippen LogP contribution in [0.25, 0.3) is 0 Å². The van der Waals surface area contributed by atoms with E-state index in [0.717, 1.165) is 81.3 Å². The maximum Gasteiger partial charge on any atom is 0.344 e. The van der Waals surface area contributed by atoms with E-state index < -0.39 is 5.97 Å². The number of fused-ring (bicyclic) bond motifs is 2. The monoisotopic (exact) mass is 594 g/mol. The van der Waals surface area contributed by atoms with Gasteiger partial charge in [0.15, 0.2) is 12.9 Å². The van der Waals surface area contributed by atoms with Crippen molar-refractivity contribution in [3.8, 4) is 5.75 Å². The van der Waals surface area contributed by atoms with Crippen molar-refractivity contribution in [1.82, 2.24) is 0 Å². The van der Waals surface area contributed by atoms with E-state index in [2.05, 4.69) is 13.0 Å². The summed E-state index contributed by atoms with van der Waals surface area (Å²) < 4.78 is 34.7. The lowest BCUT2D eigenvalue weighted by molar-refractivity contribution is -0.190. The molecule has 6 atom stereocenters. The molecule has 0 radical (unpaired) electrons. The molecule has 1 aliphatic heterocycles. The minimum absolute atomic E-state index is 0.0448. The Balaban J connectivity index is 1.23. The SMILES string of the molecule is CC[C@@H](CC[C@@H]1[C@H]2Cc3cccc(OCC(=O)OCc4ccccc4)c3C[C@H]2C[C@H]1OC(=O)COC)OC1CCCCO1. The number of hydrogen-bond donors (Lipinski definition) is 0. The largest absolute Gasteiger partial charge is 0.482 e. The van der Waals surface area contributed by atoms with Gasteiger partial charge < -0.3 is 28.4 Å². The van der Waals surface area contributed by atoms with Gasteiger partial charge in [0.1, 0.15) is 25.1 Å². The minimum Gasteiger partial charge on any atom is -0.482 e. The Morgan fingerprint density at radius 1 is 1.00 bits per heavy atom. The summed E-state index contributed by atoms with van der Waals surface area (Å²) in [5, 5.41) is 0. The van der Waals surface area contributed by atoms with Crippen LogP contribution in [-0.4, -0.2) is 57.4 Å². The maximum atomic E-state index is 12.5. The summed E-state index contributed by atoms with van der Waals surface area (Å²) in [5.41, 5.74) is 3.32. The molecule has 3 aliphatic rings. The molecule has 2 aromatic rings. The van der Waals surface area contributed by atoms with E-state index in [-0.39, 0.29) is 50.2 Å². The molecule has 43 heavy (non-hydrogen) atoms. The van der Waals surface area contributed by atoms with E-state index >= 15 is 0 Å². The van der Waals surface area contributed by atoms with Crippen LogP contribution in [0.5, 0.6) is 5.75 Å². The highest BCUT2D eigenvalue weighted by atomic mass is 16.7. The second-order valence-corrected chi connectivity index (χ2v) is 12.1. The van der Waals surface area contributed by atoms with E-state index in [0.29, 0.717) is 11.8 Å². The number of hydrogen-bond acceptors (Lipinski definition) is 8. The Morgan fingerprint density at radius 2 is 1.86 bits per heavy atom. The van der Waals surface area contributed by atoms with Gasteiger partial charge in [0.05, 0.1) is 6.10 Å². The molecule has 0 spiro atoms. The molecule has 0 amide bonds. The number of esters is 2. The van der Waals surface area contributed by atoms with E-state index in [9.17, 15) is 9.59 Å². The normalized spacial score (nSPS) is 25.3. The lowest BCUT2D eigenvalue weighted by atomic mass is 9.73. The third kappa shape index (κ3) is 8.58. The Hall–Kier alpha value is -2.94. The van der Waals surface area contributed by atoms with E-state index in [1.165, 1.54) is 12.7 Å². The van der Waals surface area contributed by atoms with Crippen LogP contribution < -0.4 is 4.74 Å². The highest BCUT2D eigenvalue weighted by molar-refractivity contribution is 5.71. The quantitative estimate of drug-likeness (QED) is 0.253. The first-order chi connectivity index (χ1) is 21.0. The second-order valence-electron chi connectivity index (χ2n) is 12.1. The van der Waals surface area contributed by atoms with Gasteiger partial charge in [-0.3, -0.25) is 0 Å². The smallest absolute Gasteiger partial charge is 0.344 e. The lowest BCUT2D eigenvalue weighted by Gasteiger charge is -2.33. The molecule has 0 aromatic heterocycles. The van der Waals surface area contributed by atoms with Gasteiger partial charge in [0, 0.05) is 13.7 Å². The van der Waals surface area contributed by atoms with Crippen molar-refractivity contribution >= 4 is 11.9 Å². The highest BCUT2D eigenvalue weighted by Crippen LogP contribution is 2.49. The van der Waals surface area contributed by atoms with Crippen molar-refractivity contribution in [3.05, 3.63) is 65.2 Å². The zero-order chi connectivity index (χ0) is 30.0. The predicted molar refractivity (Wildman–Crippen MR) is 160 cm³/mol. The third-order valence-electron chi connectivity index (χ3n) is 9.21. The summed E-state index contributed by atoms with van der Waals surface area (Å²) in [7, 11) is 1.51. The standard InChI is InChI=1S/C35H46O8/c1-3-27(42-35-14-7-8-17-39-35)15-16-28-29-18-25-12-9-13-31(40-23-33(36)41-21-24-10-5-4-6-11-24)30(25)19-26(29)20-32(28)43-34(37)22-38-2/h4-6,9-13,26-29,32,35H,3,7-8,14-23H2,1-2H3/t26-,27-,28+,29-,32+,35?/m0/s1. The van der Waals surface area contributed by atoms with Crippen LogP contribution in [0, 0.1) is 17.8 Å². The Morgan fingerprint density at radius 3 is 2.63 bits per heavy atom. The molecule has 0 bridgehead atoms. The van der Waals surface area contributed by atoms with Crippen LogP contribution in [0.1, 0.15) is 68.6 Å². The van der Waals surface area contributed by atoms with Crippen LogP contribution >= 0.6 is 0 Å². The summed E-state index contributed by atoms with van der Waals surface area (Å²) in [6.07, 6.45) is 8.33. The van der Waals surface area contributed by atoms with Gasteiger partial charge >= 0.3 is 11.9 Å². The molecule has 2 aliphatic carbocycles. The van der Waals surface area contributed by atoms with Gasteiger partial charge in [-0.25, -0.2) is 9.59 Å². The zero-order valence-electron chi connectivity index (χ0n) is 25.5. The fourth-order valence-corrected chi connectivity index (χ4v) is 7.06. The van der Waals surface area contributed by atoms with Crippen LogP contribution in [0.4, 0.5) is 0 Å². The summed E-state index contributed by atoms with van der Waals surface area (Å²) in [4.78, 5) is 25.0. The van der Waals surface area contributed by atoms with Gasteiger partial charge in [0.25, 0.3) is 0 Å². The maximum absolute atomic E-state index is 12.5. The molecule has 0 N–H and O–H groups in total. The molecule has 5 rings (SSSR count). The lowest BCUT2D eigenvalue weighted by Crippen LogP contribution is -2.32. The van der Waals surface area contributed by atoms with Crippen LogP contribution in [0.3, 0.4) is 0 Å². The number of benzene rings is 2. The fourth-order valence-electron chi connectivity index (χ4n) is 7.06. The molecular weight excluding hydrogens is 548 g/mol. The fraction of sp³-hybridized carbons (Fsp3) is 0.600. The average Bonchev–Trinajstić information content (AvgIpc) is 3.36. The number of methoxy groups -OCH3 is 1. The van der Waals surface area contributed by atoms with Crippen LogP contribution in [-0.2, 0) is 52.7 Å². The molecular formula is C35H46O8. The molecule has 234 valence electrons. The average molecular weight is 595 g/mol. The van der Waals surface area contributed by atoms with Crippen molar-refractivity contribution in [1.29, 1.82) is 0 Å². The van der Waals surface area contributed by atoms with Crippen molar-refractivity contribution in [2.24, 2.45) is 17.8 Å². The van der Waals surface area contributed by atoms with Gasteiger partial charge in [-0.15, -0.1) is 0 Å². The second kappa shape index (κ2) is 15.7. The first kappa shape index (κ1) is 31.5. The van der Waals surface area contributed by atoms with E-state index in [1.54, 1.807) is 0 Å². The van der Waals surface area contributed by atoms with Crippen molar-refractivity contribution in [2.45, 2.75) is 89.8 Å². The van der Waals surface area contributed by atoms with Gasteiger partial charge in [-0.05, 0) is 98.3 Å². The van der Waals surface area contributed by atoms with Crippen LogP contribution in [0.15, 0.2) is 48.5 Å². The summed E-state index contributed by atoms with van der Waals surface area (Å²) in [6.45, 7) is 2.97. The summed E-state index contributed by atoms with van der Waals surface area (Å²) in [5.74, 6) is 1.01. The van der Waals surface area contributed by atoms with Crippen molar-refractivity contribution in [3.63, 3.8) is 0 Å². The number of ether oxygens (including phenoxy) is 6. The van der Waals surface area contributed by atoms with Gasteiger partial charge in [0.2, 0.25) is 0 Å². The predicted octanol–water partition coefficient (Wildman–Crippen LogP) is 5.82. The number of carbonyl (C=O) groups excluding carboxylic acids is 2. The molecule has 8 nitrogen and oxygen atoms in total. The molecule has 1 saturated carbocycles. The van der Waals surface area contributed by atoms with E-state index in [4.69, 9.17) is 28.4 Å². The topological polar surface area (TPSA) is 89.5 Å². The first-order valence-corrected chi connectivity index (χ1v) is 15.9. The Kier molecular flexibility index (Phi) is 11.5. The van der Waals surface area contributed by atoms with Crippen molar-refractivity contribution in [2.75, 3.05) is 26.9 Å². The molecule has 1 heterocycles. The number of rotatable bonds is 14. The van der Waals surface area contributed by atoms with Crippen molar-refractivity contribution < 1.29 is 38.0 Å². The summed E-state index contributed by atoms with van der Waals surface area (Å²) in [6, 6.07) is 15.7. The molecule has 1 saturated heterocycles. The zero-order valence-corrected chi connectivity index (χ0v) is 25.5. The number of carbonyl (C=O) groups is 2. The third-order valence-corrected chi connectivity index (χ3v) is 9.21. The van der Waals surface area contributed by atoms with Gasteiger partial charge in [-0.2, -0.15) is 0 Å². The molecule has 2 fully saturated rings. The highest BCUT2D eigenvalue weighted by Gasteiger charge is 2.47. The first-order valence-electron chi connectivity index (χ1n) is 15.9. The molecule has 8 heteroatoms. The van der Waals surface area contributed by atoms with Gasteiger partial charge in [-0.1, -0.05) is 49.4 Å². The summed E-state index contributed by atoms with van der Waals surface area (Å²) >= 11 is 0. The molecule has 2 aromatic carbocycles. The Labute approximate surface area is 255 Å².